The number of amides is 1. The summed E-state index contributed by atoms with van der Waals surface area (Å²) < 4.78 is 0.743. The molecular weight excluding hydrogens is 294 g/mol. The third-order valence-corrected chi connectivity index (χ3v) is 3.86. The lowest BCUT2D eigenvalue weighted by Gasteiger charge is -2.22. The van der Waals surface area contributed by atoms with Crippen molar-refractivity contribution in [2.75, 3.05) is 19.6 Å². The Kier molecular flexibility index (Phi) is 4.72. The zero-order chi connectivity index (χ0) is 13.0. The summed E-state index contributed by atoms with van der Waals surface area (Å²) in [5, 5.41) is 2.99. The Morgan fingerprint density at radius 1 is 1.61 bits per heavy atom. The maximum Gasteiger partial charge on any atom is 0.252 e. The molecule has 1 fully saturated rings. The Morgan fingerprint density at radius 3 is 3.11 bits per heavy atom. The summed E-state index contributed by atoms with van der Waals surface area (Å²) in [6.45, 7) is 5.10. The molecule has 0 bridgehead atoms. The number of hydrogen-bond acceptors (Lipinski definition) is 3. The molecule has 4 nitrogen and oxygen atoms in total. The van der Waals surface area contributed by atoms with Gasteiger partial charge in [0.15, 0.2) is 0 Å². The maximum atomic E-state index is 11.9. The number of carbonyl (C=O) groups is 1. The fraction of sp³-hybridized carbons (Fsp3) is 0.538. The van der Waals surface area contributed by atoms with Crippen LogP contribution in [-0.4, -0.2) is 41.5 Å². The number of carbonyl (C=O) groups excluding carboxylic acids is 1. The van der Waals surface area contributed by atoms with Crippen LogP contribution in [0.4, 0.5) is 0 Å². The van der Waals surface area contributed by atoms with Gasteiger partial charge in [-0.15, -0.1) is 0 Å². The second kappa shape index (κ2) is 6.29. The molecule has 1 saturated heterocycles. The van der Waals surface area contributed by atoms with E-state index in [4.69, 9.17) is 0 Å². The van der Waals surface area contributed by atoms with Crippen LogP contribution in [0.5, 0.6) is 0 Å². The van der Waals surface area contributed by atoms with E-state index in [9.17, 15) is 4.79 Å². The van der Waals surface area contributed by atoms with Gasteiger partial charge in [0.25, 0.3) is 5.91 Å². The van der Waals surface area contributed by atoms with Crippen LogP contribution in [0.3, 0.4) is 0 Å². The quantitative estimate of drug-likeness (QED) is 0.866. The van der Waals surface area contributed by atoms with Crippen molar-refractivity contribution in [3.05, 3.63) is 28.5 Å². The molecular formula is C13H18BrN3O. The standard InChI is InChI=1S/C13H18BrN3O/c1-2-17-7-3-4-11(17)9-16-13(18)10-5-6-12(14)15-8-10/h5-6,8,11H,2-4,7,9H2,1H3,(H,16,18). The molecule has 5 heteroatoms. The number of nitrogens with one attached hydrogen (secondary N) is 1. The minimum atomic E-state index is -0.0436. The lowest BCUT2D eigenvalue weighted by Crippen LogP contribution is -2.40. The molecule has 0 aliphatic carbocycles. The zero-order valence-corrected chi connectivity index (χ0v) is 12.1. The number of pyridine rings is 1. The minimum absolute atomic E-state index is 0.0436. The molecule has 0 radical (unpaired) electrons. The highest BCUT2D eigenvalue weighted by molar-refractivity contribution is 9.10. The molecule has 18 heavy (non-hydrogen) atoms. The van der Waals surface area contributed by atoms with Crippen LogP contribution < -0.4 is 5.32 Å². The summed E-state index contributed by atoms with van der Waals surface area (Å²) in [7, 11) is 0. The van der Waals surface area contributed by atoms with Gasteiger partial charge in [-0.25, -0.2) is 4.98 Å². The predicted octanol–water partition coefficient (Wildman–Crippen LogP) is 2.06. The minimum Gasteiger partial charge on any atom is -0.350 e. The molecule has 1 aromatic heterocycles. The fourth-order valence-corrected chi connectivity index (χ4v) is 2.60. The molecule has 1 amide bonds. The lowest BCUT2D eigenvalue weighted by atomic mass is 10.2. The number of likely N-dealkylation sites (tertiary alicyclic amines) is 1. The molecule has 0 aromatic carbocycles. The highest BCUT2D eigenvalue weighted by Crippen LogP contribution is 2.15. The van der Waals surface area contributed by atoms with Crippen molar-refractivity contribution >= 4 is 21.8 Å². The highest BCUT2D eigenvalue weighted by atomic mass is 79.9. The molecule has 1 atom stereocenters. The van der Waals surface area contributed by atoms with Gasteiger partial charge in [0.1, 0.15) is 4.60 Å². The monoisotopic (exact) mass is 311 g/mol. The van der Waals surface area contributed by atoms with E-state index in [1.165, 1.54) is 12.8 Å². The number of hydrogen-bond donors (Lipinski definition) is 1. The third kappa shape index (κ3) is 3.29. The van der Waals surface area contributed by atoms with E-state index in [-0.39, 0.29) is 5.91 Å². The number of aromatic nitrogens is 1. The number of nitrogens with zero attached hydrogens (tertiary/aromatic N) is 2. The van der Waals surface area contributed by atoms with Crippen LogP contribution in [0.1, 0.15) is 30.1 Å². The summed E-state index contributed by atoms with van der Waals surface area (Å²) >= 11 is 3.26. The summed E-state index contributed by atoms with van der Waals surface area (Å²) in [6, 6.07) is 4.05. The molecule has 1 N–H and O–H groups in total. The van der Waals surface area contributed by atoms with Crippen LogP contribution in [0.2, 0.25) is 0 Å². The van der Waals surface area contributed by atoms with Crippen LogP contribution in [0, 0.1) is 0 Å². The maximum absolute atomic E-state index is 11.9. The van der Waals surface area contributed by atoms with Crippen molar-refractivity contribution in [2.24, 2.45) is 0 Å². The van der Waals surface area contributed by atoms with Gasteiger partial charge in [-0.05, 0) is 54.0 Å². The van der Waals surface area contributed by atoms with Crippen LogP contribution in [0.15, 0.2) is 22.9 Å². The first-order valence-electron chi connectivity index (χ1n) is 6.34. The van der Waals surface area contributed by atoms with Gasteiger partial charge >= 0.3 is 0 Å². The normalized spacial score (nSPS) is 20.0. The Hall–Kier alpha value is -0.940. The van der Waals surface area contributed by atoms with E-state index < -0.39 is 0 Å². The second-order valence-electron chi connectivity index (χ2n) is 4.50. The zero-order valence-electron chi connectivity index (χ0n) is 10.5. The topological polar surface area (TPSA) is 45.2 Å². The Balaban J connectivity index is 1.86. The van der Waals surface area contributed by atoms with Gasteiger partial charge in [-0.2, -0.15) is 0 Å². The first kappa shape index (κ1) is 13.5. The van der Waals surface area contributed by atoms with Crippen molar-refractivity contribution in [1.29, 1.82) is 0 Å². The number of rotatable bonds is 4. The van der Waals surface area contributed by atoms with E-state index in [1.807, 2.05) is 0 Å². The van der Waals surface area contributed by atoms with Crippen molar-refractivity contribution < 1.29 is 4.79 Å². The molecule has 2 rings (SSSR count). The second-order valence-corrected chi connectivity index (χ2v) is 5.32. The van der Waals surface area contributed by atoms with Gasteiger partial charge in [0.05, 0.1) is 5.56 Å². The van der Waals surface area contributed by atoms with E-state index in [1.54, 1.807) is 18.3 Å². The Labute approximate surface area is 116 Å². The predicted molar refractivity (Wildman–Crippen MR) is 74.5 cm³/mol. The Bertz CT molecular complexity index is 407. The summed E-state index contributed by atoms with van der Waals surface area (Å²) in [4.78, 5) is 18.4. The van der Waals surface area contributed by atoms with E-state index in [2.05, 4.69) is 38.1 Å². The van der Waals surface area contributed by atoms with Crippen LogP contribution in [-0.2, 0) is 0 Å². The number of likely N-dealkylation sites (N-methyl/N-ethyl adjacent to an activating group) is 1. The molecule has 2 heterocycles. The van der Waals surface area contributed by atoms with Crippen molar-refractivity contribution in [3.63, 3.8) is 0 Å². The average molecular weight is 312 g/mol. The fourth-order valence-electron chi connectivity index (χ4n) is 2.37. The average Bonchev–Trinajstić information content (AvgIpc) is 2.84. The molecule has 0 saturated carbocycles. The molecule has 1 aliphatic heterocycles. The largest absolute Gasteiger partial charge is 0.350 e. The molecule has 1 aromatic rings. The first-order chi connectivity index (χ1) is 8.70. The van der Waals surface area contributed by atoms with E-state index >= 15 is 0 Å². The summed E-state index contributed by atoms with van der Waals surface area (Å²) in [5.41, 5.74) is 0.610. The number of halogens is 1. The Morgan fingerprint density at radius 2 is 2.44 bits per heavy atom. The smallest absolute Gasteiger partial charge is 0.252 e. The van der Waals surface area contributed by atoms with Gasteiger partial charge in [-0.3, -0.25) is 9.69 Å². The van der Waals surface area contributed by atoms with Crippen LogP contribution >= 0.6 is 15.9 Å². The molecule has 1 unspecified atom stereocenters. The van der Waals surface area contributed by atoms with E-state index in [0.29, 0.717) is 11.6 Å². The SMILES string of the molecule is CCN1CCCC1CNC(=O)c1ccc(Br)nc1. The van der Waals surface area contributed by atoms with Crippen LogP contribution in [0.25, 0.3) is 0 Å². The van der Waals surface area contributed by atoms with Gasteiger partial charge in [0, 0.05) is 18.8 Å². The summed E-state index contributed by atoms with van der Waals surface area (Å²) in [6.07, 6.45) is 3.99. The molecule has 98 valence electrons. The van der Waals surface area contributed by atoms with Gasteiger partial charge in [0.2, 0.25) is 0 Å². The molecule has 1 aliphatic rings. The van der Waals surface area contributed by atoms with Gasteiger partial charge in [-0.1, -0.05) is 6.92 Å². The van der Waals surface area contributed by atoms with E-state index in [0.717, 1.165) is 24.2 Å². The molecule has 0 spiro atoms. The van der Waals surface area contributed by atoms with Crippen molar-refractivity contribution in [1.82, 2.24) is 15.2 Å². The third-order valence-electron chi connectivity index (χ3n) is 3.39. The van der Waals surface area contributed by atoms with Crippen molar-refractivity contribution in [2.45, 2.75) is 25.8 Å². The van der Waals surface area contributed by atoms with Gasteiger partial charge < -0.3 is 5.32 Å². The highest BCUT2D eigenvalue weighted by Gasteiger charge is 2.23. The van der Waals surface area contributed by atoms with Crippen molar-refractivity contribution in [3.8, 4) is 0 Å². The first-order valence-corrected chi connectivity index (χ1v) is 7.14. The lowest BCUT2D eigenvalue weighted by molar-refractivity contribution is 0.0941. The summed E-state index contributed by atoms with van der Waals surface area (Å²) in [5.74, 6) is -0.0436.